The van der Waals surface area contributed by atoms with Crippen LogP contribution in [0.1, 0.15) is 28.7 Å². The van der Waals surface area contributed by atoms with E-state index in [0.717, 1.165) is 57.8 Å². The molecule has 0 saturated carbocycles. The summed E-state index contributed by atoms with van der Waals surface area (Å²) in [7, 11) is 0. The average molecular weight is 423 g/mol. The first-order chi connectivity index (χ1) is 14.2. The Morgan fingerprint density at radius 1 is 1.14 bits per heavy atom. The van der Waals surface area contributed by atoms with Crippen LogP contribution in [-0.4, -0.2) is 25.5 Å². The molecule has 4 rings (SSSR count). The SMILES string of the molecule is CCCc1nnsc1C(=O)Nc1ccc(-c2csc(Nc3cccnc3)n2)cc1. The van der Waals surface area contributed by atoms with E-state index in [1.807, 2.05) is 41.8 Å². The molecule has 0 aliphatic rings. The molecule has 1 amide bonds. The first kappa shape index (κ1) is 19.2. The van der Waals surface area contributed by atoms with Gasteiger partial charge in [-0.05, 0) is 42.2 Å². The standard InChI is InChI=1S/C20H18N6OS2/c1-2-4-16-18(29-26-25-16)19(27)22-14-8-6-13(7-9-14)17-12-28-20(24-17)23-15-5-3-10-21-11-15/h3,5-12H,2,4H2,1H3,(H,22,27)(H,23,24). The summed E-state index contributed by atoms with van der Waals surface area (Å²) in [5.74, 6) is -0.173. The fourth-order valence-electron chi connectivity index (χ4n) is 2.72. The van der Waals surface area contributed by atoms with Crippen LogP contribution in [0.25, 0.3) is 11.3 Å². The Labute approximate surface area is 176 Å². The summed E-state index contributed by atoms with van der Waals surface area (Å²) in [6, 6.07) is 11.4. The Morgan fingerprint density at radius 3 is 2.76 bits per heavy atom. The van der Waals surface area contributed by atoms with Gasteiger partial charge in [0.05, 0.1) is 23.3 Å². The van der Waals surface area contributed by atoms with Crippen molar-refractivity contribution in [2.75, 3.05) is 10.6 Å². The predicted octanol–water partition coefficient (Wildman–Crippen LogP) is 5.01. The molecule has 2 N–H and O–H groups in total. The molecule has 0 unspecified atom stereocenters. The minimum Gasteiger partial charge on any atom is -0.330 e. The van der Waals surface area contributed by atoms with Crippen molar-refractivity contribution in [3.8, 4) is 11.3 Å². The maximum atomic E-state index is 12.5. The minimum atomic E-state index is -0.173. The van der Waals surface area contributed by atoms with E-state index in [9.17, 15) is 4.79 Å². The molecule has 0 saturated heterocycles. The molecule has 3 heterocycles. The molecule has 0 fully saturated rings. The van der Waals surface area contributed by atoms with E-state index in [2.05, 4.69) is 37.1 Å². The number of nitrogens with one attached hydrogen (secondary N) is 2. The number of aryl methyl sites for hydroxylation is 1. The molecule has 29 heavy (non-hydrogen) atoms. The van der Waals surface area contributed by atoms with Gasteiger partial charge in [-0.3, -0.25) is 9.78 Å². The molecule has 9 heteroatoms. The first-order valence-corrected chi connectivity index (χ1v) is 10.7. The van der Waals surface area contributed by atoms with Gasteiger partial charge in [-0.15, -0.1) is 16.4 Å². The van der Waals surface area contributed by atoms with Crippen LogP contribution in [0.3, 0.4) is 0 Å². The van der Waals surface area contributed by atoms with Crippen LogP contribution in [0.2, 0.25) is 0 Å². The summed E-state index contributed by atoms with van der Waals surface area (Å²) in [5, 5.41) is 13.0. The second-order valence-corrected chi connectivity index (χ2v) is 7.85. The first-order valence-electron chi connectivity index (χ1n) is 9.08. The number of pyridine rings is 1. The van der Waals surface area contributed by atoms with Crippen molar-refractivity contribution in [3.05, 3.63) is 64.7 Å². The highest BCUT2D eigenvalue weighted by atomic mass is 32.1. The van der Waals surface area contributed by atoms with Gasteiger partial charge in [-0.2, -0.15) is 0 Å². The van der Waals surface area contributed by atoms with Gasteiger partial charge in [-0.1, -0.05) is 30.0 Å². The summed E-state index contributed by atoms with van der Waals surface area (Å²) < 4.78 is 3.90. The minimum absolute atomic E-state index is 0.173. The number of aromatic nitrogens is 4. The molecule has 0 aliphatic carbocycles. The van der Waals surface area contributed by atoms with Crippen molar-refractivity contribution in [2.24, 2.45) is 0 Å². The maximum Gasteiger partial charge on any atom is 0.269 e. The van der Waals surface area contributed by atoms with Crippen molar-refractivity contribution >= 4 is 45.3 Å². The van der Waals surface area contributed by atoms with Gasteiger partial charge in [0.1, 0.15) is 4.88 Å². The lowest BCUT2D eigenvalue weighted by Crippen LogP contribution is -2.12. The second kappa shape index (κ2) is 8.89. The molecule has 7 nitrogen and oxygen atoms in total. The fraction of sp³-hybridized carbons (Fsp3) is 0.150. The van der Waals surface area contributed by atoms with Gasteiger partial charge in [0.15, 0.2) is 5.13 Å². The van der Waals surface area contributed by atoms with Gasteiger partial charge in [0.2, 0.25) is 0 Å². The van der Waals surface area contributed by atoms with E-state index < -0.39 is 0 Å². The Morgan fingerprint density at radius 2 is 2.00 bits per heavy atom. The van der Waals surface area contributed by atoms with Gasteiger partial charge in [0, 0.05) is 22.8 Å². The average Bonchev–Trinajstić information content (AvgIpc) is 3.39. The summed E-state index contributed by atoms with van der Waals surface area (Å²) in [5.41, 5.74) is 4.22. The van der Waals surface area contributed by atoms with Crippen LogP contribution in [0.5, 0.6) is 0 Å². The summed E-state index contributed by atoms with van der Waals surface area (Å²) in [6.07, 6.45) is 5.15. The third kappa shape index (κ3) is 4.64. The third-order valence-electron chi connectivity index (χ3n) is 4.10. The number of amides is 1. The van der Waals surface area contributed by atoms with Crippen LogP contribution < -0.4 is 10.6 Å². The number of hydrogen-bond acceptors (Lipinski definition) is 8. The molecule has 1 aromatic carbocycles. The molecular weight excluding hydrogens is 404 g/mol. The van der Waals surface area contributed by atoms with Crippen molar-refractivity contribution in [1.82, 2.24) is 19.6 Å². The van der Waals surface area contributed by atoms with E-state index in [-0.39, 0.29) is 5.91 Å². The van der Waals surface area contributed by atoms with Gasteiger partial charge < -0.3 is 10.6 Å². The van der Waals surface area contributed by atoms with Gasteiger partial charge in [0.25, 0.3) is 5.91 Å². The Bertz CT molecular complexity index is 1090. The predicted molar refractivity (Wildman–Crippen MR) is 117 cm³/mol. The number of benzene rings is 1. The molecule has 4 aromatic rings. The quantitative estimate of drug-likeness (QED) is 0.435. The highest BCUT2D eigenvalue weighted by Crippen LogP contribution is 2.28. The fourth-order valence-corrected chi connectivity index (χ4v) is 4.06. The maximum absolute atomic E-state index is 12.5. The number of thiazole rings is 1. The van der Waals surface area contributed by atoms with Crippen LogP contribution in [0.4, 0.5) is 16.5 Å². The lowest BCUT2D eigenvalue weighted by Gasteiger charge is -2.05. The highest BCUT2D eigenvalue weighted by Gasteiger charge is 2.16. The molecule has 3 aromatic heterocycles. The molecule has 146 valence electrons. The third-order valence-corrected chi connectivity index (χ3v) is 5.63. The Kier molecular flexibility index (Phi) is 5.87. The molecule has 0 aliphatic heterocycles. The van der Waals surface area contributed by atoms with Crippen LogP contribution >= 0.6 is 22.9 Å². The smallest absolute Gasteiger partial charge is 0.269 e. The van der Waals surface area contributed by atoms with Crippen LogP contribution in [0.15, 0.2) is 54.2 Å². The van der Waals surface area contributed by atoms with Crippen LogP contribution in [-0.2, 0) is 6.42 Å². The molecule has 0 radical (unpaired) electrons. The summed E-state index contributed by atoms with van der Waals surface area (Å²) in [4.78, 5) is 21.8. The van der Waals surface area contributed by atoms with Crippen molar-refractivity contribution in [2.45, 2.75) is 19.8 Å². The monoisotopic (exact) mass is 422 g/mol. The van der Waals surface area contributed by atoms with Gasteiger partial charge >= 0.3 is 0 Å². The number of carbonyl (C=O) groups excluding carboxylic acids is 1. The highest BCUT2D eigenvalue weighted by molar-refractivity contribution is 7.14. The zero-order chi connectivity index (χ0) is 20.1. The molecular formula is C20H18N6OS2. The topological polar surface area (TPSA) is 92.7 Å². The van der Waals surface area contributed by atoms with Gasteiger partial charge in [-0.25, -0.2) is 4.98 Å². The number of rotatable bonds is 7. The van der Waals surface area contributed by atoms with Crippen molar-refractivity contribution < 1.29 is 4.79 Å². The molecule has 0 atom stereocenters. The zero-order valence-electron chi connectivity index (χ0n) is 15.6. The van der Waals surface area contributed by atoms with Crippen LogP contribution in [0, 0.1) is 0 Å². The summed E-state index contributed by atoms with van der Waals surface area (Å²) >= 11 is 2.65. The zero-order valence-corrected chi connectivity index (χ0v) is 17.3. The normalized spacial score (nSPS) is 10.7. The van der Waals surface area contributed by atoms with E-state index >= 15 is 0 Å². The number of hydrogen-bond donors (Lipinski definition) is 2. The molecule has 0 bridgehead atoms. The number of carbonyl (C=O) groups is 1. The van der Waals surface area contributed by atoms with E-state index in [0.29, 0.717) is 4.88 Å². The number of nitrogens with zero attached hydrogens (tertiary/aromatic N) is 4. The van der Waals surface area contributed by atoms with E-state index in [1.54, 1.807) is 12.4 Å². The lowest BCUT2D eigenvalue weighted by atomic mass is 10.1. The Balaban J connectivity index is 1.43. The molecule has 0 spiro atoms. The lowest BCUT2D eigenvalue weighted by molar-refractivity contribution is 0.102. The van der Waals surface area contributed by atoms with E-state index in [1.165, 1.54) is 11.3 Å². The number of anilines is 3. The second-order valence-electron chi connectivity index (χ2n) is 6.23. The largest absolute Gasteiger partial charge is 0.330 e. The van der Waals surface area contributed by atoms with Crippen molar-refractivity contribution in [1.29, 1.82) is 0 Å². The van der Waals surface area contributed by atoms with Crippen molar-refractivity contribution in [3.63, 3.8) is 0 Å². The van der Waals surface area contributed by atoms with E-state index in [4.69, 9.17) is 0 Å². The summed E-state index contributed by atoms with van der Waals surface area (Å²) in [6.45, 7) is 2.05. The Hall–Kier alpha value is -3.17.